The Morgan fingerprint density at radius 3 is 2.96 bits per heavy atom. The van der Waals surface area contributed by atoms with Crippen molar-refractivity contribution in [1.82, 2.24) is 10.3 Å². The number of nitrogens with zero attached hydrogens (tertiary/aromatic N) is 1. The first-order valence-electron chi connectivity index (χ1n) is 10.2. The van der Waals surface area contributed by atoms with Gasteiger partial charge in [-0.05, 0) is 36.4 Å². The number of amides is 1. The number of carbonyl (C=O) groups excluding carboxylic acids is 1. The molecule has 0 unspecified atom stereocenters. The van der Waals surface area contributed by atoms with Crippen LogP contribution in [0.2, 0.25) is 0 Å². The maximum Gasteiger partial charge on any atom is 0.224 e. The number of rotatable bonds is 7. The van der Waals surface area contributed by atoms with Crippen molar-refractivity contribution in [3.8, 4) is 5.88 Å². The van der Waals surface area contributed by atoms with E-state index in [2.05, 4.69) is 10.3 Å². The number of hydrogen-bond acceptors (Lipinski definition) is 4. The fraction of sp³-hybridized carbons (Fsp3) is 0.368. The summed E-state index contributed by atoms with van der Waals surface area (Å²) in [5, 5.41) is 12.5. The molecule has 1 aliphatic rings. The molecule has 5 heteroatoms. The van der Waals surface area contributed by atoms with E-state index in [4.69, 9.17) is 11.6 Å². The second-order valence-electron chi connectivity index (χ2n) is 5.74. The Hall–Kier alpha value is -2.40. The number of carbonyl (C=O) groups is 1. The molecule has 1 fully saturated rings. The number of aromatic nitrogens is 1. The lowest BCUT2D eigenvalue weighted by Crippen LogP contribution is -2.32. The van der Waals surface area contributed by atoms with Gasteiger partial charge in [0.1, 0.15) is 0 Å². The number of aliphatic hydroxyl groups is 1. The lowest BCUT2D eigenvalue weighted by Gasteiger charge is -2.17. The molecule has 0 radical (unpaired) electrons. The molecule has 3 rings (SSSR count). The van der Waals surface area contributed by atoms with Crippen molar-refractivity contribution in [2.75, 3.05) is 13.2 Å². The second-order valence-corrected chi connectivity index (χ2v) is 5.74. The zero-order valence-electron chi connectivity index (χ0n) is 18.0. The van der Waals surface area contributed by atoms with E-state index in [1.54, 1.807) is 0 Å². The molecule has 1 saturated carbocycles. The Labute approximate surface area is 148 Å². The smallest absolute Gasteiger partial charge is 0.224 e. The van der Waals surface area contributed by atoms with Crippen LogP contribution < -0.4 is 10.1 Å². The highest BCUT2D eigenvalue weighted by atomic mass is 16.5. The lowest BCUT2D eigenvalue weighted by atomic mass is 10.1. The minimum absolute atomic E-state index is 0.145. The number of aliphatic hydroxyl groups excluding tert-OH is 1. The van der Waals surface area contributed by atoms with Crippen LogP contribution in [0.5, 0.6) is 5.88 Å². The molecule has 1 heterocycles. The van der Waals surface area contributed by atoms with E-state index in [-0.39, 0.29) is 30.2 Å². The highest BCUT2D eigenvalue weighted by molar-refractivity contribution is 5.83. The predicted octanol–water partition coefficient (Wildman–Crippen LogP) is 2.43. The zero-order chi connectivity index (χ0) is 21.2. The van der Waals surface area contributed by atoms with Crippen molar-refractivity contribution in [3.63, 3.8) is 0 Å². The van der Waals surface area contributed by atoms with Crippen LogP contribution in [0.1, 0.15) is 43.2 Å². The van der Waals surface area contributed by atoms with Crippen LogP contribution in [0.3, 0.4) is 0 Å². The van der Waals surface area contributed by atoms with E-state index in [0.717, 1.165) is 12.0 Å². The Morgan fingerprint density at radius 2 is 2.29 bits per heavy atom. The van der Waals surface area contributed by atoms with E-state index in [9.17, 15) is 9.90 Å². The normalized spacial score (nSPS) is 24.5. The van der Waals surface area contributed by atoms with Gasteiger partial charge in [-0.15, -0.1) is 0 Å². The standard InChI is InChI=1S/C19H22N2O3/c1-2-24-18-9-8-14(11-20-18)17(12-22)21-19(23)16-10-15(16)13-6-4-3-5-7-13/h3-9,11,15-17,22H,2,10,12H2,1H3,(H,21,23)/t15-,16+,17+/m1/s1/i1D3,2D2. The van der Waals surface area contributed by atoms with Crippen LogP contribution in [0.4, 0.5) is 0 Å². The van der Waals surface area contributed by atoms with Gasteiger partial charge < -0.3 is 15.2 Å². The quantitative estimate of drug-likeness (QED) is 0.817. The van der Waals surface area contributed by atoms with Gasteiger partial charge in [-0.25, -0.2) is 4.98 Å². The van der Waals surface area contributed by atoms with E-state index in [0.29, 0.717) is 5.56 Å². The molecule has 1 aromatic heterocycles. The first kappa shape index (κ1) is 11.2. The van der Waals surface area contributed by atoms with Gasteiger partial charge in [0.15, 0.2) is 0 Å². The van der Waals surface area contributed by atoms with Crippen molar-refractivity contribution in [2.45, 2.75) is 25.2 Å². The molecule has 2 N–H and O–H groups in total. The third-order valence-electron chi connectivity index (χ3n) is 4.17. The van der Waals surface area contributed by atoms with Crippen molar-refractivity contribution >= 4 is 5.91 Å². The number of pyridine rings is 1. The summed E-state index contributed by atoms with van der Waals surface area (Å²) in [4.78, 5) is 16.4. The molecule has 0 saturated heterocycles. The van der Waals surface area contributed by atoms with Gasteiger partial charge in [-0.1, -0.05) is 30.3 Å². The molecular weight excluding hydrogens is 304 g/mol. The Morgan fingerprint density at radius 1 is 1.46 bits per heavy atom. The molecular formula is C19H22N2O3. The molecule has 0 spiro atoms. The van der Waals surface area contributed by atoms with E-state index in [1.807, 2.05) is 30.3 Å². The summed E-state index contributed by atoms with van der Waals surface area (Å²) in [6.07, 6.45) is 2.07. The van der Waals surface area contributed by atoms with Gasteiger partial charge in [-0.3, -0.25) is 4.79 Å². The average molecular weight is 331 g/mol. The minimum atomic E-state index is -2.96. The lowest BCUT2D eigenvalue weighted by molar-refractivity contribution is -0.123. The van der Waals surface area contributed by atoms with Crippen LogP contribution in [-0.4, -0.2) is 29.2 Å². The monoisotopic (exact) mass is 331 g/mol. The minimum Gasteiger partial charge on any atom is -0.478 e. The van der Waals surface area contributed by atoms with Gasteiger partial charge >= 0.3 is 0 Å². The first-order valence-corrected chi connectivity index (χ1v) is 7.73. The van der Waals surface area contributed by atoms with Gasteiger partial charge in [0.2, 0.25) is 11.8 Å². The summed E-state index contributed by atoms with van der Waals surface area (Å²) >= 11 is 0. The highest BCUT2D eigenvalue weighted by Gasteiger charge is 2.44. The van der Waals surface area contributed by atoms with Crippen molar-refractivity contribution < 1.29 is 21.5 Å². The predicted molar refractivity (Wildman–Crippen MR) is 90.7 cm³/mol. The van der Waals surface area contributed by atoms with Crippen molar-refractivity contribution in [2.24, 2.45) is 5.92 Å². The molecule has 1 aliphatic carbocycles. The maximum atomic E-state index is 12.5. The number of hydrogen-bond donors (Lipinski definition) is 2. The largest absolute Gasteiger partial charge is 0.478 e. The second kappa shape index (κ2) is 7.45. The summed E-state index contributed by atoms with van der Waals surface area (Å²) in [5.74, 6) is -0.332. The van der Waals surface area contributed by atoms with Crippen molar-refractivity contribution in [3.05, 3.63) is 59.8 Å². The van der Waals surface area contributed by atoms with Crippen LogP contribution in [0.15, 0.2) is 48.7 Å². The molecule has 5 nitrogen and oxygen atoms in total. The molecule has 2 aromatic rings. The molecule has 24 heavy (non-hydrogen) atoms. The number of benzene rings is 1. The molecule has 3 atom stereocenters. The number of nitrogens with one attached hydrogen (secondary N) is 1. The fourth-order valence-corrected chi connectivity index (χ4v) is 2.78. The summed E-state index contributed by atoms with van der Waals surface area (Å²) in [6, 6.07) is 11.9. The Kier molecular flexibility index (Phi) is 3.48. The molecule has 126 valence electrons. The van der Waals surface area contributed by atoms with E-state index in [1.165, 1.54) is 18.3 Å². The Balaban J connectivity index is 1.61. The van der Waals surface area contributed by atoms with Gasteiger partial charge in [0.05, 0.1) is 21.9 Å². The first-order chi connectivity index (χ1) is 13.6. The highest BCUT2D eigenvalue weighted by Crippen LogP contribution is 2.47. The van der Waals surface area contributed by atoms with Gasteiger partial charge in [0, 0.05) is 22.3 Å². The third kappa shape index (κ3) is 3.74. The average Bonchev–Trinajstić information content (AvgIpc) is 3.47. The fourth-order valence-electron chi connectivity index (χ4n) is 2.78. The van der Waals surface area contributed by atoms with E-state index < -0.39 is 19.5 Å². The van der Waals surface area contributed by atoms with Crippen LogP contribution in [-0.2, 0) is 4.79 Å². The SMILES string of the molecule is [2H]C([2H])([2H])C([2H])([2H])Oc1ccc([C@H](CO)NC(=O)[C@H]2C[C@@H]2c2ccccc2)cn1. The summed E-state index contributed by atoms with van der Waals surface area (Å²) < 4.78 is 41.2. The van der Waals surface area contributed by atoms with Crippen LogP contribution in [0, 0.1) is 5.92 Å². The summed E-state index contributed by atoms with van der Waals surface area (Å²) in [6.45, 7) is -6.19. The topological polar surface area (TPSA) is 71.5 Å². The number of ether oxygens (including phenoxy) is 1. The maximum absolute atomic E-state index is 12.5. The van der Waals surface area contributed by atoms with Crippen LogP contribution in [0.25, 0.3) is 0 Å². The molecule has 1 amide bonds. The van der Waals surface area contributed by atoms with Crippen molar-refractivity contribution in [1.29, 1.82) is 0 Å². The molecule has 0 aliphatic heterocycles. The molecule has 1 aromatic carbocycles. The van der Waals surface area contributed by atoms with Gasteiger partial charge in [0.25, 0.3) is 0 Å². The van der Waals surface area contributed by atoms with Gasteiger partial charge in [-0.2, -0.15) is 0 Å². The zero-order valence-corrected chi connectivity index (χ0v) is 13.0. The third-order valence-corrected chi connectivity index (χ3v) is 4.17. The Bertz CT molecular complexity index is 843. The molecule has 0 bridgehead atoms. The summed E-state index contributed by atoms with van der Waals surface area (Å²) in [5.41, 5.74) is 1.61. The van der Waals surface area contributed by atoms with Crippen LogP contribution >= 0.6 is 0 Å². The van der Waals surface area contributed by atoms with E-state index >= 15 is 0 Å². The summed E-state index contributed by atoms with van der Waals surface area (Å²) in [7, 11) is 0.